The monoisotopic (exact) mass is 245 g/mol. The predicted octanol–water partition coefficient (Wildman–Crippen LogP) is 3.07. The number of methoxy groups -OCH3 is 1. The van der Waals surface area contributed by atoms with Crippen molar-refractivity contribution in [1.29, 1.82) is 0 Å². The molecule has 0 amide bonds. The highest BCUT2D eigenvalue weighted by atomic mass is 32.2. The van der Waals surface area contributed by atoms with Crippen LogP contribution in [0.15, 0.2) is 0 Å². The molecule has 1 N–H and O–H groups in total. The second kappa shape index (κ2) is 7.57. The van der Waals surface area contributed by atoms with Crippen LogP contribution in [-0.4, -0.2) is 36.8 Å². The minimum absolute atomic E-state index is 0.470. The maximum absolute atomic E-state index is 5.28. The minimum atomic E-state index is 0.470. The van der Waals surface area contributed by atoms with Gasteiger partial charge in [0.25, 0.3) is 0 Å². The largest absolute Gasteiger partial charge is 0.383 e. The number of hydrogen-bond acceptors (Lipinski definition) is 3. The minimum Gasteiger partial charge on any atom is -0.383 e. The highest BCUT2D eigenvalue weighted by Gasteiger charge is 2.29. The van der Waals surface area contributed by atoms with E-state index in [9.17, 15) is 0 Å². The molecule has 1 saturated heterocycles. The molecule has 16 heavy (non-hydrogen) atoms. The normalized spacial score (nSPS) is 27.2. The average Bonchev–Trinajstić information content (AvgIpc) is 2.70. The van der Waals surface area contributed by atoms with Gasteiger partial charge in [0.15, 0.2) is 0 Å². The van der Waals surface area contributed by atoms with Crippen LogP contribution in [0.3, 0.4) is 0 Å². The molecule has 1 aliphatic rings. The summed E-state index contributed by atoms with van der Waals surface area (Å²) in [6.45, 7) is 6.62. The van der Waals surface area contributed by atoms with Gasteiger partial charge in [-0.1, -0.05) is 19.8 Å². The quantitative estimate of drug-likeness (QED) is 0.710. The van der Waals surface area contributed by atoms with Crippen molar-refractivity contribution in [2.24, 2.45) is 0 Å². The van der Waals surface area contributed by atoms with Crippen LogP contribution in [-0.2, 0) is 4.74 Å². The molecule has 96 valence electrons. The Labute approximate surface area is 105 Å². The summed E-state index contributed by atoms with van der Waals surface area (Å²) in [5, 5.41) is 3.69. The average molecular weight is 245 g/mol. The second-order valence-corrected chi connectivity index (χ2v) is 6.76. The van der Waals surface area contributed by atoms with Crippen molar-refractivity contribution < 1.29 is 4.74 Å². The maximum atomic E-state index is 5.28. The summed E-state index contributed by atoms with van der Waals surface area (Å²) < 4.78 is 5.75. The molecule has 3 heteroatoms. The molecule has 1 aliphatic heterocycles. The third-order valence-corrected chi connectivity index (χ3v) is 4.88. The van der Waals surface area contributed by atoms with E-state index in [0.29, 0.717) is 10.8 Å². The van der Waals surface area contributed by atoms with E-state index >= 15 is 0 Å². The van der Waals surface area contributed by atoms with Gasteiger partial charge in [-0.15, -0.1) is 0 Å². The summed E-state index contributed by atoms with van der Waals surface area (Å²) in [6.07, 6.45) is 6.55. The molecule has 0 bridgehead atoms. The van der Waals surface area contributed by atoms with Gasteiger partial charge in [0.2, 0.25) is 0 Å². The Bertz CT molecular complexity index is 181. The van der Waals surface area contributed by atoms with E-state index < -0.39 is 0 Å². The van der Waals surface area contributed by atoms with Crippen LogP contribution in [0, 0.1) is 0 Å². The van der Waals surface area contributed by atoms with Crippen LogP contribution in [0.5, 0.6) is 0 Å². The molecule has 1 rings (SSSR count). The molecule has 2 atom stereocenters. The van der Waals surface area contributed by atoms with E-state index in [4.69, 9.17) is 4.74 Å². The van der Waals surface area contributed by atoms with Gasteiger partial charge in [-0.3, -0.25) is 0 Å². The Morgan fingerprint density at radius 1 is 1.50 bits per heavy atom. The van der Waals surface area contributed by atoms with Crippen molar-refractivity contribution in [2.75, 3.05) is 26.0 Å². The molecule has 2 unspecified atom stereocenters. The number of rotatable bonds is 8. The first-order valence-electron chi connectivity index (χ1n) is 6.56. The van der Waals surface area contributed by atoms with Crippen LogP contribution in [0.1, 0.15) is 46.0 Å². The lowest BCUT2D eigenvalue weighted by Gasteiger charge is -2.27. The van der Waals surface area contributed by atoms with Crippen LogP contribution < -0.4 is 5.32 Å². The van der Waals surface area contributed by atoms with Gasteiger partial charge in [-0.05, 0) is 31.9 Å². The van der Waals surface area contributed by atoms with E-state index in [0.717, 1.165) is 13.2 Å². The zero-order chi connectivity index (χ0) is 11.9. The van der Waals surface area contributed by atoms with E-state index in [-0.39, 0.29) is 0 Å². The highest BCUT2D eigenvalue weighted by Crippen LogP contribution is 2.37. The topological polar surface area (TPSA) is 21.3 Å². The van der Waals surface area contributed by atoms with Crippen molar-refractivity contribution in [3.63, 3.8) is 0 Å². The van der Waals surface area contributed by atoms with E-state index in [2.05, 4.69) is 30.9 Å². The second-order valence-electron chi connectivity index (χ2n) is 5.08. The molecule has 0 aromatic rings. The molecular weight excluding hydrogens is 218 g/mol. The Hall–Kier alpha value is 0.270. The van der Waals surface area contributed by atoms with Gasteiger partial charge >= 0.3 is 0 Å². The van der Waals surface area contributed by atoms with Gasteiger partial charge < -0.3 is 10.1 Å². The smallest absolute Gasteiger partial charge is 0.0615 e. The van der Waals surface area contributed by atoms with Crippen molar-refractivity contribution in [3.05, 3.63) is 0 Å². The van der Waals surface area contributed by atoms with Crippen molar-refractivity contribution in [3.8, 4) is 0 Å². The molecule has 0 aromatic carbocycles. The third-order valence-electron chi connectivity index (χ3n) is 3.34. The Balaban J connectivity index is 2.24. The lowest BCUT2D eigenvalue weighted by atomic mass is 10.0. The van der Waals surface area contributed by atoms with Gasteiger partial charge in [-0.25, -0.2) is 0 Å². The molecule has 0 aromatic heterocycles. The van der Waals surface area contributed by atoms with Crippen LogP contribution in [0.2, 0.25) is 0 Å². The zero-order valence-electron chi connectivity index (χ0n) is 11.1. The predicted molar refractivity (Wildman–Crippen MR) is 73.3 cm³/mol. The van der Waals surface area contributed by atoms with Gasteiger partial charge in [0, 0.05) is 24.4 Å². The van der Waals surface area contributed by atoms with Gasteiger partial charge in [0.1, 0.15) is 0 Å². The number of ether oxygens (including phenoxy) is 1. The number of nitrogens with one attached hydrogen (secondary N) is 1. The fraction of sp³-hybridized carbons (Fsp3) is 1.00. The van der Waals surface area contributed by atoms with E-state index in [1.165, 1.54) is 37.9 Å². The summed E-state index contributed by atoms with van der Waals surface area (Å²) in [7, 11) is 1.80. The van der Waals surface area contributed by atoms with Crippen molar-refractivity contribution in [2.45, 2.75) is 56.7 Å². The first-order chi connectivity index (χ1) is 7.70. The summed E-state index contributed by atoms with van der Waals surface area (Å²) >= 11 is 2.13. The lowest BCUT2D eigenvalue weighted by Crippen LogP contribution is -2.41. The number of unbranched alkanes of at least 4 members (excludes halogenated alkanes) is 1. The molecule has 0 radical (unpaired) electrons. The standard InChI is InChI=1S/C13H27NOS/c1-4-5-7-12(10-15-3)14-11-13(2)8-6-9-16-13/h12,14H,4-11H2,1-3H3. The van der Waals surface area contributed by atoms with E-state index in [1.54, 1.807) is 7.11 Å². The molecule has 0 spiro atoms. The zero-order valence-corrected chi connectivity index (χ0v) is 11.9. The number of thioether (sulfide) groups is 1. The van der Waals surface area contributed by atoms with E-state index in [1.807, 2.05) is 0 Å². The lowest BCUT2D eigenvalue weighted by molar-refractivity contribution is 0.160. The first kappa shape index (κ1) is 14.3. The molecule has 0 saturated carbocycles. The van der Waals surface area contributed by atoms with Crippen LogP contribution >= 0.6 is 11.8 Å². The molecule has 2 nitrogen and oxygen atoms in total. The molecule has 0 aliphatic carbocycles. The fourth-order valence-electron chi connectivity index (χ4n) is 2.23. The summed E-state index contributed by atoms with van der Waals surface area (Å²) in [4.78, 5) is 0. The van der Waals surface area contributed by atoms with Gasteiger partial charge in [0.05, 0.1) is 6.61 Å². The summed E-state index contributed by atoms with van der Waals surface area (Å²) in [5.74, 6) is 1.34. The Morgan fingerprint density at radius 2 is 2.31 bits per heavy atom. The molecule has 1 heterocycles. The highest BCUT2D eigenvalue weighted by molar-refractivity contribution is 8.00. The first-order valence-corrected chi connectivity index (χ1v) is 7.55. The van der Waals surface area contributed by atoms with Crippen molar-refractivity contribution in [1.82, 2.24) is 5.32 Å². The molecule has 1 fully saturated rings. The third kappa shape index (κ3) is 5.07. The fourth-order valence-corrected chi connectivity index (χ4v) is 3.49. The Kier molecular flexibility index (Phi) is 6.78. The molecular formula is C13H27NOS. The number of hydrogen-bond donors (Lipinski definition) is 1. The van der Waals surface area contributed by atoms with Crippen LogP contribution in [0.4, 0.5) is 0 Å². The summed E-state index contributed by atoms with van der Waals surface area (Å²) in [6, 6.07) is 0.544. The Morgan fingerprint density at radius 3 is 2.88 bits per heavy atom. The van der Waals surface area contributed by atoms with Crippen LogP contribution in [0.25, 0.3) is 0 Å². The maximum Gasteiger partial charge on any atom is 0.0615 e. The van der Waals surface area contributed by atoms with Gasteiger partial charge in [-0.2, -0.15) is 11.8 Å². The van der Waals surface area contributed by atoms with Crippen molar-refractivity contribution >= 4 is 11.8 Å². The SMILES string of the molecule is CCCCC(COC)NCC1(C)CCCS1. The summed E-state index contributed by atoms with van der Waals surface area (Å²) in [5.41, 5.74) is 0.